The summed E-state index contributed by atoms with van der Waals surface area (Å²) in [6, 6.07) is 7.91. The Morgan fingerprint density at radius 1 is 1.29 bits per heavy atom. The van der Waals surface area contributed by atoms with Crippen LogP contribution in [0.25, 0.3) is 0 Å². The van der Waals surface area contributed by atoms with Crippen LogP contribution in [0, 0.1) is 0 Å². The summed E-state index contributed by atoms with van der Waals surface area (Å²) in [7, 11) is -1.05. The second-order valence-electron chi connectivity index (χ2n) is 7.74. The largest absolute Gasteiger partial charge is 0.491 e. The van der Waals surface area contributed by atoms with Gasteiger partial charge in [-0.3, -0.25) is 4.90 Å². The molecule has 6 heteroatoms. The number of benzene rings is 1. The molecule has 1 aliphatic heterocycles. The average molecular weight is 356 g/mol. The summed E-state index contributed by atoms with van der Waals surface area (Å²) in [5, 5.41) is 10.1. The van der Waals surface area contributed by atoms with Crippen molar-refractivity contribution in [1.82, 2.24) is 4.90 Å². The number of likely N-dealkylation sites (N-methyl/N-ethyl adjacent to an activating group) is 1. The fourth-order valence-electron chi connectivity index (χ4n) is 2.90. The molecule has 0 unspecified atom stereocenters. The molecule has 0 amide bonds. The Bertz CT molecular complexity index is 634. The van der Waals surface area contributed by atoms with Gasteiger partial charge in [0.05, 0.1) is 11.5 Å². The van der Waals surface area contributed by atoms with E-state index in [2.05, 4.69) is 20.8 Å². The van der Waals surface area contributed by atoms with Gasteiger partial charge in [0.15, 0.2) is 9.84 Å². The first-order chi connectivity index (χ1) is 11.1. The number of ether oxygens (including phenoxy) is 1. The van der Waals surface area contributed by atoms with E-state index in [-0.39, 0.29) is 29.6 Å². The van der Waals surface area contributed by atoms with Crippen molar-refractivity contribution < 1.29 is 18.3 Å². The quantitative estimate of drug-likeness (QED) is 0.843. The number of hydrogen-bond donors (Lipinski definition) is 1. The minimum Gasteiger partial charge on any atom is -0.491 e. The highest BCUT2D eigenvalue weighted by Crippen LogP contribution is 2.24. The van der Waals surface area contributed by atoms with Crippen LogP contribution in [0.1, 0.15) is 32.8 Å². The van der Waals surface area contributed by atoms with E-state index >= 15 is 0 Å². The lowest BCUT2D eigenvalue weighted by Gasteiger charge is -2.25. The average Bonchev–Trinajstić information content (AvgIpc) is 2.85. The molecule has 5 nitrogen and oxygen atoms in total. The van der Waals surface area contributed by atoms with Crippen LogP contribution in [-0.4, -0.2) is 62.3 Å². The first-order valence-electron chi connectivity index (χ1n) is 8.39. The second-order valence-corrected chi connectivity index (χ2v) is 9.96. The van der Waals surface area contributed by atoms with Crippen LogP contribution in [-0.2, 0) is 15.3 Å². The van der Waals surface area contributed by atoms with Crippen molar-refractivity contribution >= 4 is 9.84 Å². The van der Waals surface area contributed by atoms with Gasteiger partial charge >= 0.3 is 0 Å². The van der Waals surface area contributed by atoms with Crippen LogP contribution < -0.4 is 4.74 Å². The Kier molecular flexibility index (Phi) is 5.94. The molecule has 0 saturated carbocycles. The highest BCUT2D eigenvalue weighted by molar-refractivity contribution is 7.91. The topological polar surface area (TPSA) is 66.8 Å². The molecule has 1 fully saturated rings. The van der Waals surface area contributed by atoms with Gasteiger partial charge in [0.25, 0.3) is 0 Å². The van der Waals surface area contributed by atoms with Gasteiger partial charge in [-0.05, 0) is 36.6 Å². The molecule has 1 aliphatic rings. The number of rotatable bonds is 6. The van der Waals surface area contributed by atoms with Gasteiger partial charge in [0, 0.05) is 12.6 Å². The Balaban J connectivity index is 1.79. The van der Waals surface area contributed by atoms with E-state index in [0.29, 0.717) is 13.0 Å². The third-order valence-electron chi connectivity index (χ3n) is 4.49. The normalized spacial score (nSPS) is 21.8. The maximum atomic E-state index is 11.5. The van der Waals surface area contributed by atoms with Gasteiger partial charge in [0.2, 0.25) is 0 Å². The van der Waals surface area contributed by atoms with E-state index in [4.69, 9.17) is 4.74 Å². The highest BCUT2D eigenvalue weighted by atomic mass is 32.2. The Hall–Kier alpha value is -1.11. The van der Waals surface area contributed by atoms with Gasteiger partial charge in [-0.15, -0.1) is 0 Å². The van der Waals surface area contributed by atoms with Gasteiger partial charge in [0.1, 0.15) is 18.5 Å². The van der Waals surface area contributed by atoms with Gasteiger partial charge < -0.3 is 9.84 Å². The number of sulfone groups is 1. The molecule has 136 valence electrons. The molecule has 2 rings (SSSR count). The van der Waals surface area contributed by atoms with Crippen molar-refractivity contribution in [2.75, 3.05) is 31.7 Å². The number of aliphatic hydroxyl groups excluding tert-OH is 1. The van der Waals surface area contributed by atoms with Crippen molar-refractivity contribution in [2.24, 2.45) is 0 Å². The van der Waals surface area contributed by atoms with Crippen LogP contribution in [0.2, 0.25) is 0 Å². The minimum atomic E-state index is -2.90. The second kappa shape index (κ2) is 7.42. The molecule has 1 saturated heterocycles. The zero-order valence-electron chi connectivity index (χ0n) is 15.0. The lowest BCUT2D eigenvalue weighted by Crippen LogP contribution is -2.40. The number of aliphatic hydroxyl groups is 1. The maximum Gasteiger partial charge on any atom is 0.151 e. The summed E-state index contributed by atoms with van der Waals surface area (Å²) in [6.45, 7) is 7.07. The van der Waals surface area contributed by atoms with Crippen LogP contribution in [0.5, 0.6) is 5.75 Å². The molecule has 1 aromatic carbocycles. The first kappa shape index (κ1) is 19.2. The third kappa shape index (κ3) is 5.46. The summed E-state index contributed by atoms with van der Waals surface area (Å²) in [5.74, 6) is 1.16. The molecule has 2 atom stereocenters. The highest BCUT2D eigenvalue weighted by Gasteiger charge is 2.31. The third-order valence-corrected chi connectivity index (χ3v) is 6.24. The zero-order chi connectivity index (χ0) is 18.0. The van der Waals surface area contributed by atoms with E-state index in [1.807, 2.05) is 36.2 Å². The summed E-state index contributed by atoms with van der Waals surface area (Å²) in [5.41, 5.74) is 1.33. The van der Waals surface area contributed by atoms with Gasteiger partial charge in [-0.2, -0.15) is 0 Å². The van der Waals surface area contributed by atoms with Crippen LogP contribution in [0.3, 0.4) is 0 Å². The van der Waals surface area contributed by atoms with E-state index < -0.39 is 15.9 Å². The monoisotopic (exact) mass is 355 g/mol. The molecule has 0 spiro atoms. The van der Waals surface area contributed by atoms with Crippen molar-refractivity contribution in [2.45, 2.75) is 44.8 Å². The Morgan fingerprint density at radius 2 is 1.92 bits per heavy atom. The Labute approximate surface area is 145 Å². The molecule has 0 aliphatic carbocycles. The smallest absolute Gasteiger partial charge is 0.151 e. The summed E-state index contributed by atoms with van der Waals surface area (Å²) in [6.07, 6.45) is -0.0127. The zero-order valence-corrected chi connectivity index (χ0v) is 15.8. The minimum absolute atomic E-state index is 0.00396. The lowest BCUT2D eigenvalue weighted by molar-refractivity contribution is 0.0664. The molecule has 1 heterocycles. The van der Waals surface area contributed by atoms with E-state index in [1.54, 1.807) is 0 Å². The maximum absolute atomic E-state index is 11.5. The molecule has 0 bridgehead atoms. The van der Waals surface area contributed by atoms with E-state index in [9.17, 15) is 13.5 Å². The molecule has 0 radical (unpaired) electrons. The molecular weight excluding hydrogens is 326 g/mol. The number of nitrogens with zero attached hydrogens (tertiary/aromatic N) is 1. The summed E-state index contributed by atoms with van der Waals surface area (Å²) >= 11 is 0. The van der Waals surface area contributed by atoms with Crippen molar-refractivity contribution in [3.8, 4) is 5.75 Å². The predicted molar refractivity (Wildman–Crippen MR) is 96.3 cm³/mol. The standard InChI is InChI=1S/C18H29NO4S/c1-18(2,3)14-5-7-17(8-6-14)23-12-16(20)11-19(4)15-9-10-24(21,22)13-15/h5-8,15-16,20H,9-13H2,1-4H3/t15-,16+/m1/s1. The molecule has 1 N–H and O–H groups in total. The molecule has 0 aromatic heterocycles. The fourth-order valence-corrected chi connectivity index (χ4v) is 4.71. The predicted octanol–water partition coefficient (Wildman–Crippen LogP) is 1.84. The molecular formula is C18H29NO4S. The SMILES string of the molecule is CN(C[C@H](O)COc1ccc(C(C)(C)C)cc1)[C@@H]1CCS(=O)(=O)C1. The van der Waals surface area contributed by atoms with Crippen LogP contribution in [0.15, 0.2) is 24.3 Å². The van der Waals surface area contributed by atoms with Crippen LogP contribution >= 0.6 is 0 Å². The van der Waals surface area contributed by atoms with Gasteiger partial charge in [-0.1, -0.05) is 32.9 Å². The van der Waals surface area contributed by atoms with Crippen LogP contribution in [0.4, 0.5) is 0 Å². The molecule has 1 aromatic rings. The van der Waals surface area contributed by atoms with E-state index in [1.165, 1.54) is 5.56 Å². The lowest BCUT2D eigenvalue weighted by atomic mass is 9.87. The Morgan fingerprint density at radius 3 is 2.42 bits per heavy atom. The fraction of sp³-hybridized carbons (Fsp3) is 0.667. The summed E-state index contributed by atoms with van der Waals surface area (Å²) < 4.78 is 28.7. The van der Waals surface area contributed by atoms with Crippen molar-refractivity contribution in [1.29, 1.82) is 0 Å². The number of hydrogen-bond acceptors (Lipinski definition) is 5. The van der Waals surface area contributed by atoms with Crippen molar-refractivity contribution in [3.63, 3.8) is 0 Å². The van der Waals surface area contributed by atoms with Crippen molar-refractivity contribution in [3.05, 3.63) is 29.8 Å². The first-order valence-corrected chi connectivity index (χ1v) is 10.2. The summed E-state index contributed by atoms with van der Waals surface area (Å²) in [4.78, 5) is 1.92. The molecule has 24 heavy (non-hydrogen) atoms. The van der Waals surface area contributed by atoms with Gasteiger partial charge in [-0.25, -0.2) is 8.42 Å². The van der Waals surface area contributed by atoms with E-state index in [0.717, 1.165) is 5.75 Å².